The average Bonchev–Trinajstić information content (AvgIpc) is 3.32. The zero-order chi connectivity index (χ0) is 17.1. The Morgan fingerprint density at radius 2 is 1.92 bits per heavy atom. The number of nitrogens with zero attached hydrogens (tertiary/aromatic N) is 1. The number of urea groups is 1. The number of amides is 2. The summed E-state index contributed by atoms with van der Waals surface area (Å²) in [5.41, 5.74) is 2.00. The predicted molar refractivity (Wildman–Crippen MR) is 96.6 cm³/mol. The molecule has 2 amide bonds. The summed E-state index contributed by atoms with van der Waals surface area (Å²) in [5.74, 6) is 0. The van der Waals surface area contributed by atoms with Crippen molar-refractivity contribution >= 4 is 11.7 Å². The van der Waals surface area contributed by atoms with Gasteiger partial charge < -0.3 is 19.7 Å². The van der Waals surface area contributed by atoms with Crippen LogP contribution in [0, 0.1) is 0 Å². The fourth-order valence-corrected chi connectivity index (χ4v) is 4.33. The van der Waals surface area contributed by atoms with Crippen LogP contribution in [0.25, 0.3) is 0 Å². The van der Waals surface area contributed by atoms with E-state index >= 15 is 0 Å². The van der Waals surface area contributed by atoms with Crippen molar-refractivity contribution in [3.63, 3.8) is 0 Å². The van der Waals surface area contributed by atoms with Gasteiger partial charge in [-0.05, 0) is 49.8 Å². The van der Waals surface area contributed by atoms with E-state index in [9.17, 15) is 4.79 Å². The highest BCUT2D eigenvalue weighted by Gasteiger charge is 2.38. The first-order valence-electron chi connectivity index (χ1n) is 9.69. The first kappa shape index (κ1) is 16.9. The highest BCUT2D eigenvalue weighted by molar-refractivity contribution is 5.89. The van der Waals surface area contributed by atoms with Crippen LogP contribution in [-0.2, 0) is 16.1 Å². The molecule has 2 atom stereocenters. The minimum Gasteiger partial charge on any atom is -0.374 e. The Hall–Kier alpha value is -1.59. The van der Waals surface area contributed by atoms with E-state index in [4.69, 9.17) is 9.47 Å². The first-order chi connectivity index (χ1) is 12.3. The third kappa shape index (κ3) is 3.98. The Balaban J connectivity index is 1.30. The molecule has 1 aliphatic heterocycles. The Morgan fingerprint density at radius 3 is 2.72 bits per heavy atom. The van der Waals surface area contributed by atoms with E-state index in [1.807, 2.05) is 29.2 Å². The monoisotopic (exact) mass is 344 g/mol. The summed E-state index contributed by atoms with van der Waals surface area (Å²) in [5, 5.41) is 3.04. The lowest BCUT2D eigenvalue weighted by Crippen LogP contribution is -2.52. The number of benzene rings is 1. The summed E-state index contributed by atoms with van der Waals surface area (Å²) in [6, 6.07) is 8.27. The van der Waals surface area contributed by atoms with Crippen molar-refractivity contribution in [3.05, 3.63) is 29.8 Å². The third-order valence-corrected chi connectivity index (χ3v) is 5.74. The molecule has 1 heterocycles. The van der Waals surface area contributed by atoms with Crippen LogP contribution in [0.4, 0.5) is 10.5 Å². The lowest BCUT2D eigenvalue weighted by molar-refractivity contribution is -0.0362. The van der Waals surface area contributed by atoms with Gasteiger partial charge in [0.25, 0.3) is 0 Å². The number of nitrogens with one attached hydrogen (secondary N) is 1. The van der Waals surface area contributed by atoms with Crippen molar-refractivity contribution in [3.8, 4) is 0 Å². The number of ether oxygens (including phenoxy) is 2. The minimum atomic E-state index is -0.00449. The number of morpholine rings is 1. The summed E-state index contributed by atoms with van der Waals surface area (Å²) >= 11 is 0. The molecule has 5 heteroatoms. The van der Waals surface area contributed by atoms with Gasteiger partial charge >= 0.3 is 6.03 Å². The van der Waals surface area contributed by atoms with E-state index in [0.717, 1.165) is 30.5 Å². The normalized spacial score (nSPS) is 26.6. The number of anilines is 1. The number of hydrogen-bond donors (Lipinski definition) is 1. The molecule has 1 aromatic carbocycles. The molecule has 0 aromatic heterocycles. The van der Waals surface area contributed by atoms with Gasteiger partial charge in [0.05, 0.1) is 31.5 Å². The number of carbonyl (C=O) groups is 1. The second-order valence-corrected chi connectivity index (χ2v) is 7.45. The molecule has 0 unspecified atom stereocenters. The van der Waals surface area contributed by atoms with Crippen molar-refractivity contribution < 1.29 is 14.3 Å². The van der Waals surface area contributed by atoms with E-state index in [1.54, 1.807) is 0 Å². The molecular formula is C20H28N2O3. The summed E-state index contributed by atoms with van der Waals surface area (Å²) in [4.78, 5) is 14.6. The zero-order valence-electron chi connectivity index (χ0n) is 14.8. The smallest absolute Gasteiger partial charge is 0.322 e. The highest BCUT2D eigenvalue weighted by atomic mass is 16.5. The summed E-state index contributed by atoms with van der Waals surface area (Å²) in [6.45, 7) is 1.98. The predicted octanol–water partition coefficient (Wildman–Crippen LogP) is 3.93. The van der Waals surface area contributed by atoms with E-state index < -0.39 is 0 Å². The number of carbonyl (C=O) groups excluding carboxylic acids is 1. The largest absolute Gasteiger partial charge is 0.374 e. The van der Waals surface area contributed by atoms with Crippen LogP contribution < -0.4 is 5.32 Å². The molecule has 0 bridgehead atoms. The SMILES string of the molecule is O=C(Nc1ccc(COC2CCCC2)cc1)N1CCO[C@@H]2CCC[C@@H]21. The number of hydrogen-bond acceptors (Lipinski definition) is 3. The van der Waals surface area contributed by atoms with Gasteiger partial charge in [0.15, 0.2) is 0 Å². The third-order valence-electron chi connectivity index (χ3n) is 5.74. The molecule has 1 saturated heterocycles. The molecule has 2 saturated carbocycles. The second-order valence-electron chi connectivity index (χ2n) is 7.45. The molecule has 4 rings (SSSR count). The Morgan fingerprint density at radius 1 is 1.12 bits per heavy atom. The van der Waals surface area contributed by atoms with Gasteiger partial charge in [-0.2, -0.15) is 0 Å². The molecule has 0 radical (unpaired) electrons. The van der Waals surface area contributed by atoms with Crippen molar-refractivity contribution in [1.82, 2.24) is 4.90 Å². The van der Waals surface area contributed by atoms with Gasteiger partial charge in [-0.15, -0.1) is 0 Å². The maximum absolute atomic E-state index is 12.6. The van der Waals surface area contributed by atoms with E-state index in [2.05, 4.69) is 5.32 Å². The van der Waals surface area contributed by atoms with Crippen LogP contribution in [0.3, 0.4) is 0 Å². The molecule has 5 nitrogen and oxygen atoms in total. The van der Waals surface area contributed by atoms with Crippen molar-refractivity contribution in [1.29, 1.82) is 0 Å². The van der Waals surface area contributed by atoms with Crippen LogP contribution in [0.5, 0.6) is 0 Å². The summed E-state index contributed by atoms with van der Waals surface area (Å²) in [6.07, 6.45) is 8.90. The zero-order valence-corrected chi connectivity index (χ0v) is 14.8. The van der Waals surface area contributed by atoms with Gasteiger partial charge in [-0.25, -0.2) is 4.79 Å². The van der Waals surface area contributed by atoms with Crippen LogP contribution in [0.2, 0.25) is 0 Å². The molecule has 25 heavy (non-hydrogen) atoms. The molecule has 2 aliphatic carbocycles. The summed E-state index contributed by atoms with van der Waals surface area (Å²) < 4.78 is 11.7. The second kappa shape index (κ2) is 7.75. The van der Waals surface area contributed by atoms with Crippen molar-refractivity contribution in [2.45, 2.75) is 69.8 Å². The van der Waals surface area contributed by atoms with E-state index in [0.29, 0.717) is 25.9 Å². The molecular weight excluding hydrogens is 316 g/mol. The molecule has 0 spiro atoms. The summed E-state index contributed by atoms with van der Waals surface area (Å²) in [7, 11) is 0. The lowest BCUT2D eigenvalue weighted by Gasteiger charge is -2.37. The van der Waals surface area contributed by atoms with Gasteiger partial charge in [-0.1, -0.05) is 25.0 Å². The van der Waals surface area contributed by atoms with Crippen LogP contribution in [0.15, 0.2) is 24.3 Å². The van der Waals surface area contributed by atoms with Gasteiger partial charge in [0.1, 0.15) is 0 Å². The first-order valence-corrected chi connectivity index (χ1v) is 9.69. The van der Waals surface area contributed by atoms with Gasteiger partial charge in [0, 0.05) is 12.2 Å². The maximum Gasteiger partial charge on any atom is 0.322 e. The topological polar surface area (TPSA) is 50.8 Å². The average molecular weight is 344 g/mol. The molecule has 1 aromatic rings. The van der Waals surface area contributed by atoms with Crippen LogP contribution >= 0.6 is 0 Å². The van der Waals surface area contributed by atoms with Gasteiger partial charge in [-0.3, -0.25) is 0 Å². The Kier molecular flexibility index (Phi) is 5.22. The van der Waals surface area contributed by atoms with Gasteiger partial charge in [0.2, 0.25) is 0 Å². The van der Waals surface area contributed by atoms with E-state index in [-0.39, 0.29) is 18.2 Å². The fraction of sp³-hybridized carbons (Fsp3) is 0.650. The fourth-order valence-electron chi connectivity index (χ4n) is 4.33. The van der Waals surface area contributed by atoms with Crippen LogP contribution in [-0.4, -0.2) is 42.3 Å². The standard InChI is InChI=1S/C20H28N2O3/c23-20(22-12-13-24-19-7-3-6-18(19)22)21-16-10-8-15(9-11-16)14-25-17-4-1-2-5-17/h8-11,17-19H,1-7,12-14H2,(H,21,23)/t18-,19+/m0/s1. The minimum absolute atomic E-state index is 0.00449. The number of fused-ring (bicyclic) bond motifs is 1. The highest BCUT2D eigenvalue weighted by Crippen LogP contribution is 2.30. The molecule has 3 aliphatic rings. The quantitative estimate of drug-likeness (QED) is 0.900. The van der Waals surface area contributed by atoms with Crippen molar-refractivity contribution in [2.24, 2.45) is 0 Å². The number of rotatable bonds is 4. The molecule has 1 N–H and O–H groups in total. The van der Waals surface area contributed by atoms with Crippen molar-refractivity contribution in [2.75, 3.05) is 18.5 Å². The molecule has 3 fully saturated rings. The van der Waals surface area contributed by atoms with Crippen LogP contribution in [0.1, 0.15) is 50.5 Å². The maximum atomic E-state index is 12.6. The lowest BCUT2D eigenvalue weighted by atomic mass is 10.1. The molecule has 136 valence electrons. The Bertz CT molecular complexity index is 583. The Labute approximate surface area is 149 Å². The van der Waals surface area contributed by atoms with E-state index in [1.165, 1.54) is 25.7 Å².